The van der Waals surface area contributed by atoms with Gasteiger partial charge in [0.15, 0.2) is 0 Å². The molecular weight excluding hydrogens is 314 g/mol. The minimum atomic E-state index is 0.696. The Kier molecular flexibility index (Phi) is 4.53. The van der Waals surface area contributed by atoms with Crippen molar-refractivity contribution < 1.29 is 0 Å². The molecule has 0 bridgehead atoms. The highest BCUT2D eigenvalue weighted by Gasteiger charge is 2.29. The molecule has 4 heteroatoms. The van der Waals surface area contributed by atoms with Crippen molar-refractivity contribution >= 4 is 15.9 Å². The number of benzene rings is 1. The first-order chi connectivity index (χ1) is 9.81. The molecule has 0 unspecified atom stereocenters. The van der Waals surface area contributed by atoms with Crippen molar-refractivity contribution in [2.75, 3.05) is 6.54 Å². The molecule has 3 rings (SSSR count). The highest BCUT2D eigenvalue weighted by molar-refractivity contribution is 9.10. The molecule has 1 aromatic carbocycles. The quantitative estimate of drug-likeness (QED) is 0.819. The Morgan fingerprint density at radius 3 is 2.75 bits per heavy atom. The third-order valence-electron chi connectivity index (χ3n) is 4.04. The lowest BCUT2D eigenvalue weighted by Crippen LogP contribution is -2.40. The highest BCUT2D eigenvalue weighted by atomic mass is 79.9. The average molecular weight is 334 g/mol. The van der Waals surface area contributed by atoms with Crippen molar-refractivity contribution in [2.45, 2.75) is 37.8 Å². The van der Waals surface area contributed by atoms with Gasteiger partial charge >= 0.3 is 0 Å². The van der Waals surface area contributed by atoms with E-state index in [4.69, 9.17) is 0 Å². The number of rotatable bonds is 6. The van der Waals surface area contributed by atoms with E-state index in [2.05, 4.69) is 50.6 Å². The number of hydrogen-bond acceptors (Lipinski definition) is 2. The van der Waals surface area contributed by atoms with E-state index >= 15 is 0 Å². The second kappa shape index (κ2) is 6.55. The molecule has 106 valence electrons. The number of nitrogens with zero attached hydrogens (tertiary/aromatic N) is 2. The van der Waals surface area contributed by atoms with Crippen molar-refractivity contribution in [2.24, 2.45) is 0 Å². The van der Waals surface area contributed by atoms with E-state index < -0.39 is 0 Å². The first-order valence-corrected chi connectivity index (χ1v) is 8.07. The van der Waals surface area contributed by atoms with Gasteiger partial charge in [-0.15, -0.1) is 0 Å². The topological polar surface area (TPSA) is 29.9 Å². The summed E-state index contributed by atoms with van der Waals surface area (Å²) in [7, 11) is 0. The maximum atomic E-state index is 4.21. The van der Waals surface area contributed by atoms with Crippen molar-refractivity contribution in [1.82, 2.24) is 15.1 Å². The summed E-state index contributed by atoms with van der Waals surface area (Å²) in [5.41, 5.74) is 1.47. The standard InChI is InChI=1S/C16H20BrN3/c17-15-5-3-13(4-6-15)14-11-16(12-14)18-7-1-9-20-10-2-8-19-20/h2-6,8,10,14,16,18H,1,7,9,11-12H2. The normalized spacial score (nSPS) is 21.6. The largest absolute Gasteiger partial charge is 0.314 e. The van der Waals surface area contributed by atoms with Gasteiger partial charge in [0.05, 0.1) is 0 Å². The summed E-state index contributed by atoms with van der Waals surface area (Å²) in [5, 5.41) is 7.85. The summed E-state index contributed by atoms with van der Waals surface area (Å²) in [6, 6.07) is 11.4. The van der Waals surface area contributed by atoms with E-state index in [0.717, 1.165) is 29.9 Å². The smallest absolute Gasteiger partial charge is 0.0489 e. The molecule has 1 aliphatic carbocycles. The molecule has 1 aromatic heterocycles. The van der Waals surface area contributed by atoms with E-state index in [-0.39, 0.29) is 0 Å². The average Bonchev–Trinajstić information content (AvgIpc) is 2.91. The molecule has 1 N–H and O–H groups in total. The molecule has 0 atom stereocenters. The fourth-order valence-electron chi connectivity index (χ4n) is 2.77. The molecule has 1 saturated carbocycles. The van der Waals surface area contributed by atoms with E-state index in [9.17, 15) is 0 Å². The minimum Gasteiger partial charge on any atom is -0.314 e. The summed E-state index contributed by atoms with van der Waals surface area (Å²) in [6.45, 7) is 2.08. The highest BCUT2D eigenvalue weighted by Crippen LogP contribution is 2.37. The second-order valence-electron chi connectivity index (χ2n) is 5.49. The minimum absolute atomic E-state index is 0.696. The second-order valence-corrected chi connectivity index (χ2v) is 6.41. The molecule has 0 spiro atoms. The molecular formula is C16H20BrN3. The number of halogens is 1. The van der Waals surface area contributed by atoms with E-state index in [1.165, 1.54) is 18.4 Å². The van der Waals surface area contributed by atoms with Crippen molar-refractivity contribution in [3.8, 4) is 0 Å². The monoisotopic (exact) mass is 333 g/mol. The predicted octanol–water partition coefficient (Wildman–Crippen LogP) is 3.57. The lowest BCUT2D eigenvalue weighted by atomic mass is 9.76. The Morgan fingerprint density at radius 2 is 2.05 bits per heavy atom. The van der Waals surface area contributed by atoms with Gasteiger partial charge in [-0.1, -0.05) is 28.1 Å². The Morgan fingerprint density at radius 1 is 1.25 bits per heavy atom. The third kappa shape index (κ3) is 3.49. The van der Waals surface area contributed by atoms with Crippen molar-refractivity contribution in [3.63, 3.8) is 0 Å². The van der Waals surface area contributed by atoms with Gasteiger partial charge < -0.3 is 5.32 Å². The van der Waals surface area contributed by atoms with Crippen LogP contribution in [0.5, 0.6) is 0 Å². The number of aryl methyl sites for hydroxylation is 1. The SMILES string of the molecule is Brc1ccc(C2CC(NCCCn3cccn3)C2)cc1. The van der Waals surface area contributed by atoms with Crippen LogP contribution in [-0.4, -0.2) is 22.4 Å². The molecule has 1 fully saturated rings. The third-order valence-corrected chi connectivity index (χ3v) is 4.56. The molecule has 3 nitrogen and oxygen atoms in total. The van der Waals surface area contributed by atoms with Crippen LogP contribution in [0.25, 0.3) is 0 Å². The number of hydrogen-bond donors (Lipinski definition) is 1. The van der Waals surface area contributed by atoms with Gasteiger partial charge in [-0.3, -0.25) is 4.68 Å². The molecule has 1 heterocycles. The van der Waals surface area contributed by atoms with E-state index in [1.807, 2.05) is 23.1 Å². The number of nitrogens with one attached hydrogen (secondary N) is 1. The predicted molar refractivity (Wildman–Crippen MR) is 84.8 cm³/mol. The zero-order valence-corrected chi connectivity index (χ0v) is 13.1. The van der Waals surface area contributed by atoms with Crippen LogP contribution < -0.4 is 5.32 Å². The summed E-state index contributed by atoms with van der Waals surface area (Å²) < 4.78 is 3.15. The lowest BCUT2D eigenvalue weighted by molar-refractivity contribution is 0.288. The maximum absolute atomic E-state index is 4.21. The first-order valence-electron chi connectivity index (χ1n) is 7.27. The van der Waals surface area contributed by atoms with Crippen LogP contribution in [0.2, 0.25) is 0 Å². The zero-order valence-electron chi connectivity index (χ0n) is 11.5. The van der Waals surface area contributed by atoms with Gasteiger partial charge in [0, 0.05) is 29.5 Å². The van der Waals surface area contributed by atoms with Gasteiger partial charge in [-0.25, -0.2) is 0 Å². The summed E-state index contributed by atoms with van der Waals surface area (Å²) in [5.74, 6) is 0.742. The van der Waals surface area contributed by atoms with E-state index in [1.54, 1.807) is 0 Å². The molecule has 0 amide bonds. The lowest BCUT2D eigenvalue weighted by Gasteiger charge is -2.36. The fraction of sp³-hybridized carbons (Fsp3) is 0.438. The molecule has 0 aliphatic heterocycles. The number of aromatic nitrogens is 2. The molecule has 20 heavy (non-hydrogen) atoms. The van der Waals surface area contributed by atoms with Crippen LogP contribution in [-0.2, 0) is 6.54 Å². The van der Waals surface area contributed by atoms with Gasteiger partial charge in [-0.2, -0.15) is 5.10 Å². The van der Waals surface area contributed by atoms with Crippen LogP contribution in [0, 0.1) is 0 Å². The molecule has 2 aromatic rings. The van der Waals surface area contributed by atoms with Gasteiger partial charge in [0.1, 0.15) is 0 Å². The Labute approximate surface area is 128 Å². The fourth-order valence-corrected chi connectivity index (χ4v) is 3.04. The Bertz CT molecular complexity index is 515. The summed E-state index contributed by atoms with van der Waals surface area (Å²) in [6.07, 6.45) is 7.53. The van der Waals surface area contributed by atoms with Crippen LogP contribution >= 0.6 is 15.9 Å². The summed E-state index contributed by atoms with van der Waals surface area (Å²) in [4.78, 5) is 0. The maximum Gasteiger partial charge on any atom is 0.0489 e. The van der Waals surface area contributed by atoms with Crippen LogP contribution in [0.3, 0.4) is 0 Å². The van der Waals surface area contributed by atoms with Crippen LogP contribution in [0.1, 0.15) is 30.7 Å². The van der Waals surface area contributed by atoms with Crippen molar-refractivity contribution in [1.29, 1.82) is 0 Å². The molecule has 1 aliphatic rings. The zero-order chi connectivity index (χ0) is 13.8. The van der Waals surface area contributed by atoms with Crippen molar-refractivity contribution in [3.05, 3.63) is 52.8 Å². The first kappa shape index (κ1) is 13.8. The summed E-state index contributed by atoms with van der Waals surface area (Å²) >= 11 is 3.49. The van der Waals surface area contributed by atoms with E-state index in [0.29, 0.717) is 6.04 Å². The molecule has 0 radical (unpaired) electrons. The Balaban J connectivity index is 1.33. The molecule has 0 saturated heterocycles. The van der Waals surface area contributed by atoms with Crippen LogP contribution in [0.4, 0.5) is 0 Å². The van der Waals surface area contributed by atoms with Gasteiger partial charge in [0.25, 0.3) is 0 Å². The van der Waals surface area contributed by atoms with Crippen LogP contribution in [0.15, 0.2) is 47.2 Å². The Hall–Kier alpha value is -1.13. The van der Waals surface area contributed by atoms with Gasteiger partial charge in [-0.05, 0) is 55.5 Å². The van der Waals surface area contributed by atoms with Gasteiger partial charge in [0.2, 0.25) is 0 Å².